The highest BCUT2D eigenvalue weighted by Gasteiger charge is 2.21. The number of carbonyl (C=O) groups is 1. The second kappa shape index (κ2) is 6.20. The van der Waals surface area contributed by atoms with Crippen LogP contribution in [0, 0.1) is 0 Å². The summed E-state index contributed by atoms with van der Waals surface area (Å²) in [6, 6.07) is 9.57. The van der Waals surface area contributed by atoms with Crippen LogP contribution in [0.1, 0.15) is 11.5 Å². The highest BCUT2D eigenvalue weighted by atomic mass is 32.2. The van der Waals surface area contributed by atoms with Crippen LogP contribution in [0.4, 0.5) is 0 Å². The molecule has 94 valence electrons. The molecule has 1 unspecified atom stereocenters. The van der Waals surface area contributed by atoms with Crippen molar-refractivity contribution >= 4 is 17.7 Å². The van der Waals surface area contributed by atoms with Crippen molar-refractivity contribution in [1.82, 2.24) is 15.2 Å². The van der Waals surface area contributed by atoms with E-state index in [1.165, 1.54) is 25.2 Å². The summed E-state index contributed by atoms with van der Waals surface area (Å²) in [4.78, 5) is 15.8. The molecule has 2 rings (SSSR count). The third kappa shape index (κ3) is 3.10. The molecule has 0 saturated carbocycles. The van der Waals surface area contributed by atoms with Crippen molar-refractivity contribution in [3.8, 4) is 0 Å². The maximum absolute atomic E-state index is 11.8. The van der Waals surface area contributed by atoms with Gasteiger partial charge in [0.1, 0.15) is 6.33 Å². The average Bonchev–Trinajstić information content (AvgIpc) is 2.93. The summed E-state index contributed by atoms with van der Waals surface area (Å²) in [5.41, 5.74) is 0.941. The number of nitrogens with one attached hydrogen (secondary N) is 1. The van der Waals surface area contributed by atoms with Gasteiger partial charge < -0.3 is 4.74 Å². The Kier molecular flexibility index (Phi) is 4.35. The fourth-order valence-electron chi connectivity index (χ4n) is 1.55. The minimum absolute atomic E-state index is 0.242. The van der Waals surface area contributed by atoms with Gasteiger partial charge in [0, 0.05) is 5.75 Å². The molecule has 0 radical (unpaired) electrons. The first-order chi connectivity index (χ1) is 8.81. The molecule has 5 nitrogen and oxygen atoms in total. The first kappa shape index (κ1) is 12.6. The minimum atomic E-state index is -0.300. The molecule has 0 bridgehead atoms. The number of hydrogen-bond acceptors (Lipinski definition) is 5. The van der Waals surface area contributed by atoms with Crippen molar-refractivity contribution in [3.05, 3.63) is 42.2 Å². The zero-order chi connectivity index (χ0) is 12.8. The summed E-state index contributed by atoms with van der Waals surface area (Å²) < 4.78 is 4.84. The van der Waals surface area contributed by atoms with E-state index in [1.54, 1.807) is 0 Å². The van der Waals surface area contributed by atoms with Crippen LogP contribution in [0.5, 0.6) is 0 Å². The number of hydrogen-bond donors (Lipinski definition) is 1. The van der Waals surface area contributed by atoms with E-state index in [4.69, 9.17) is 4.74 Å². The van der Waals surface area contributed by atoms with Gasteiger partial charge in [0.05, 0.1) is 13.0 Å². The Hall–Kier alpha value is -1.82. The molecule has 1 N–H and O–H groups in total. The Bertz CT molecular complexity index is 487. The van der Waals surface area contributed by atoms with Gasteiger partial charge in [-0.1, -0.05) is 42.1 Å². The monoisotopic (exact) mass is 263 g/mol. The molecule has 0 saturated heterocycles. The van der Waals surface area contributed by atoms with Crippen LogP contribution >= 0.6 is 11.8 Å². The van der Waals surface area contributed by atoms with Crippen LogP contribution in [0.3, 0.4) is 0 Å². The van der Waals surface area contributed by atoms with Gasteiger partial charge in [0.15, 0.2) is 5.16 Å². The van der Waals surface area contributed by atoms with E-state index in [1.807, 2.05) is 30.3 Å². The predicted octanol–water partition coefficient (Wildman–Crippen LogP) is 1.85. The molecule has 0 spiro atoms. The second-order valence-corrected chi connectivity index (χ2v) is 4.60. The number of nitrogens with zero attached hydrogens (tertiary/aromatic N) is 2. The molecular weight excluding hydrogens is 250 g/mol. The zero-order valence-electron chi connectivity index (χ0n) is 9.87. The van der Waals surface area contributed by atoms with Crippen molar-refractivity contribution in [3.63, 3.8) is 0 Å². The average molecular weight is 263 g/mol. The van der Waals surface area contributed by atoms with E-state index in [9.17, 15) is 4.79 Å². The summed E-state index contributed by atoms with van der Waals surface area (Å²) in [5, 5.41) is 7.21. The van der Waals surface area contributed by atoms with Crippen molar-refractivity contribution in [1.29, 1.82) is 0 Å². The lowest BCUT2D eigenvalue weighted by atomic mass is 10.0. The Labute approximate surface area is 109 Å². The largest absolute Gasteiger partial charge is 0.469 e. The van der Waals surface area contributed by atoms with Gasteiger partial charge in [-0.2, -0.15) is 5.10 Å². The molecule has 1 aromatic carbocycles. The topological polar surface area (TPSA) is 67.9 Å². The minimum Gasteiger partial charge on any atom is -0.469 e. The molecule has 2 aromatic rings. The molecule has 0 aliphatic rings. The fraction of sp³-hybridized carbons (Fsp3) is 0.250. The van der Waals surface area contributed by atoms with Crippen LogP contribution in [-0.2, 0) is 9.53 Å². The molecular formula is C12H13N3O2S. The van der Waals surface area contributed by atoms with E-state index >= 15 is 0 Å². The van der Waals surface area contributed by atoms with Crippen molar-refractivity contribution < 1.29 is 9.53 Å². The molecule has 1 aromatic heterocycles. The smallest absolute Gasteiger partial charge is 0.313 e. The first-order valence-corrected chi connectivity index (χ1v) is 6.40. The standard InChI is InChI=1S/C12H13N3O2S/c1-17-11(16)10(9-5-3-2-4-6-9)7-18-12-13-8-14-15-12/h2-6,8,10H,7H2,1H3,(H,13,14,15). The van der Waals surface area contributed by atoms with Crippen molar-refractivity contribution in [2.75, 3.05) is 12.9 Å². The van der Waals surface area contributed by atoms with Gasteiger partial charge in [0.2, 0.25) is 0 Å². The SMILES string of the molecule is COC(=O)C(CSc1ncn[nH]1)c1ccccc1. The lowest BCUT2D eigenvalue weighted by molar-refractivity contribution is -0.141. The quantitative estimate of drug-likeness (QED) is 0.658. The molecule has 0 aliphatic heterocycles. The number of esters is 1. The third-order valence-corrected chi connectivity index (χ3v) is 3.44. The normalized spacial score (nSPS) is 12.1. The van der Waals surface area contributed by atoms with Crippen molar-refractivity contribution in [2.45, 2.75) is 11.1 Å². The Morgan fingerprint density at radius 1 is 1.44 bits per heavy atom. The van der Waals surface area contributed by atoms with Gasteiger partial charge >= 0.3 is 5.97 Å². The van der Waals surface area contributed by atoms with Crippen LogP contribution in [0.2, 0.25) is 0 Å². The summed E-state index contributed by atoms with van der Waals surface area (Å²) in [5.74, 6) is 0.0193. The van der Waals surface area contributed by atoms with E-state index < -0.39 is 0 Å². The van der Waals surface area contributed by atoms with Crippen molar-refractivity contribution in [2.24, 2.45) is 0 Å². The lowest BCUT2D eigenvalue weighted by Gasteiger charge is -2.13. The number of aromatic nitrogens is 3. The van der Waals surface area contributed by atoms with Crippen LogP contribution in [0.15, 0.2) is 41.8 Å². The maximum Gasteiger partial charge on any atom is 0.313 e. The maximum atomic E-state index is 11.8. The van der Waals surface area contributed by atoms with E-state index in [2.05, 4.69) is 15.2 Å². The molecule has 18 heavy (non-hydrogen) atoms. The summed E-state index contributed by atoms with van der Waals surface area (Å²) in [6.45, 7) is 0. The number of rotatable bonds is 5. The summed E-state index contributed by atoms with van der Waals surface area (Å²) >= 11 is 1.44. The predicted molar refractivity (Wildman–Crippen MR) is 68.3 cm³/mol. The highest BCUT2D eigenvalue weighted by Crippen LogP contribution is 2.24. The zero-order valence-corrected chi connectivity index (χ0v) is 10.7. The molecule has 0 aliphatic carbocycles. The Morgan fingerprint density at radius 2 is 2.22 bits per heavy atom. The van der Waals surface area contributed by atoms with Crippen LogP contribution in [0.25, 0.3) is 0 Å². The lowest BCUT2D eigenvalue weighted by Crippen LogP contribution is -2.16. The third-order valence-electron chi connectivity index (χ3n) is 2.47. The van der Waals surface area contributed by atoms with E-state index in [0.29, 0.717) is 10.9 Å². The number of aromatic amines is 1. The van der Waals surface area contributed by atoms with Gasteiger partial charge in [-0.15, -0.1) is 0 Å². The Morgan fingerprint density at radius 3 is 2.83 bits per heavy atom. The number of ether oxygens (including phenoxy) is 1. The number of H-pyrrole nitrogens is 1. The van der Waals surface area contributed by atoms with Gasteiger partial charge in [-0.3, -0.25) is 9.89 Å². The van der Waals surface area contributed by atoms with Crippen LogP contribution in [-0.4, -0.2) is 34.0 Å². The van der Waals surface area contributed by atoms with Crippen LogP contribution < -0.4 is 0 Å². The number of thioether (sulfide) groups is 1. The highest BCUT2D eigenvalue weighted by molar-refractivity contribution is 7.99. The Balaban J connectivity index is 2.09. The van der Waals surface area contributed by atoms with Gasteiger partial charge in [-0.25, -0.2) is 4.98 Å². The fourth-order valence-corrected chi connectivity index (χ4v) is 2.45. The molecule has 6 heteroatoms. The molecule has 0 amide bonds. The number of methoxy groups -OCH3 is 1. The van der Waals surface area contributed by atoms with E-state index in [0.717, 1.165) is 5.56 Å². The van der Waals surface area contributed by atoms with E-state index in [-0.39, 0.29) is 11.9 Å². The number of benzene rings is 1. The second-order valence-electron chi connectivity index (χ2n) is 3.59. The molecule has 0 fully saturated rings. The van der Waals surface area contributed by atoms with Gasteiger partial charge in [0.25, 0.3) is 0 Å². The summed E-state index contributed by atoms with van der Waals surface area (Å²) in [6.07, 6.45) is 1.44. The van der Waals surface area contributed by atoms with Gasteiger partial charge in [-0.05, 0) is 5.56 Å². The number of carbonyl (C=O) groups excluding carboxylic acids is 1. The summed E-state index contributed by atoms with van der Waals surface area (Å²) in [7, 11) is 1.40. The molecule has 1 atom stereocenters. The first-order valence-electron chi connectivity index (χ1n) is 5.42. The molecule has 1 heterocycles.